The predicted octanol–water partition coefficient (Wildman–Crippen LogP) is 4.96. The van der Waals surface area contributed by atoms with E-state index in [1.54, 1.807) is 42.5 Å². The molecule has 4 rings (SSSR count). The highest BCUT2D eigenvalue weighted by atomic mass is 16.5. The molecule has 1 amide bonds. The Morgan fingerprint density at radius 3 is 1.91 bits per heavy atom. The van der Waals surface area contributed by atoms with E-state index >= 15 is 0 Å². The molecule has 0 aliphatic carbocycles. The van der Waals surface area contributed by atoms with Gasteiger partial charge in [0.1, 0.15) is 28.6 Å². The number of para-hydroxylation sites is 1. The van der Waals surface area contributed by atoms with Crippen LogP contribution in [0, 0.1) is 13.8 Å². The van der Waals surface area contributed by atoms with Gasteiger partial charge in [-0.15, -0.1) is 0 Å². The molecule has 3 aromatic carbocycles. The van der Waals surface area contributed by atoms with Crippen LogP contribution in [0.5, 0.6) is 17.2 Å². The Labute approximate surface area is 204 Å². The lowest BCUT2D eigenvalue weighted by atomic mass is 9.93. The van der Waals surface area contributed by atoms with Crippen molar-refractivity contribution in [2.45, 2.75) is 19.9 Å². The second kappa shape index (κ2) is 9.54. The number of ether oxygens (including phenoxy) is 3. The minimum absolute atomic E-state index is 0.0820. The third-order valence-electron chi connectivity index (χ3n) is 6.03. The van der Waals surface area contributed by atoms with Crippen LogP contribution in [0.15, 0.2) is 66.2 Å². The number of Topliss-reactive ketones (excluding diaryl/α,β-unsaturated/α-hetero) is 1. The second-order valence-electron chi connectivity index (χ2n) is 8.29. The van der Waals surface area contributed by atoms with Crippen LogP contribution in [0.1, 0.15) is 28.3 Å². The molecule has 1 saturated heterocycles. The van der Waals surface area contributed by atoms with E-state index in [2.05, 4.69) is 0 Å². The number of aryl methyl sites for hydroxylation is 2. The van der Waals surface area contributed by atoms with Crippen molar-refractivity contribution in [2.75, 3.05) is 26.2 Å². The average molecular weight is 474 g/mol. The Bertz CT molecular complexity index is 1300. The maximum atomic E-state index is 13.5. The third-order valence-corrected chi connectivity index (χ3v) is 6.03. The molecule has 35 heavy (non-hydrogen) atoms. The number of carbonyl (C=O) groups is 2. The zero-order chi connectivity index (χ0) is 25.3. The maximum Gasteiger partial charge on any atom is 0.300 e. The summed E-state index contributed by atoms with van der Waals surface area (Å²) in [6.45, 7) is 3.84. The largest absolute Gasteiger partial charge is 0.506 e. The number of amides is 1. The SMILES string of the molecule is COc1ccccc1C1/C(=C(\O)c2c(OC)cccc2OC)C(=O)C(=O)N1c1cc(C)cc(C)c1. The lowest BCUT2D eigenvalue weighted by Crippen LogP contribution is -2.29. The van der Waals surface area contributed by atoms with E-state index in [0.29, 0.717) is 28.5 Å². The number of aliphatic hydroxyl groups is 1. The number of hydrogen-bond donors (Lipinski definition) is 1. The van der Waals surface area contributed by atoms with E-state index in [-0.39, 0.29) is 16.9 Å². The molecule has 1 atom stereocenters. The van der Waals surface area contributed by atoms with Crippen molar-refractivity contribution in [1.82, 2.24) is 0 Å². The number of hydrogen-bond acceptors (Lipinski definition) is 6. The van der Waals surface area contributed by atoms with Crippen molar-refractivity contribution in [2.24, 2.45) is 0 Å². The second-order valence-corrected chi connectivity index (χ2v) is 8.29. The minimum atomic E-state index is -0.943. The van der Waals surface area contributed by atoms with Crippen LogP contribution >= 0.6 is 0 Å². The molecule has 180 valence electrons. The number of ketones is 1. The van der Waals surface area contributed by atoms with Gasteiger partial charge >= 0.3 is 0 Å². The molecule has 7 heteroatoms. The first-order valence-electron chi connectivity index (χ1n) is 11.1. The predicted molar refractivity (Wildman–Crippen MR) is 133 cm³/mol. The van der Waals surface area contributed by atoms with Gasteiger partial charge in [-0.2, -0.15) is 0 Å². The van der Waals surface area contributed by atoms with Crippen LogP contribution in [0.2, 0.25) is 0 Å². The van der Waals surface area contributed by atoms with Gasteiger partial charge in [0.25, 0.3) is 11.7 Å². The number of nitrogens with zero attached hydrogens (tertiary/aromatic N) is 1. The molecule has 0 spiro atoms. The Morgan fingerprint density at radius 1 is 0.800 bits per heavy atom. The van der Waals surface area contributed by atoms with Crippen LogP contribution in [-0.4, -0.2) is 38.1 Å². The van der Waals surface area contributed by atoms with Gasteiger partial charge in [0.15, 0.2) is 0 Å². The average Bonchev–Trinajstić information content (AvgIpc) is 3.12. The molecule has 0 bridgehead atoms. The third kappa shape index (κ3) is 4.10. The fourth-order valence-corrected chi connectivity index (χ4v) is 4.59. The quantitative estimate of drug-likeness (QED) is 0.310. The summed E-state index contributed by atoms with van der Waals surface area (Å²) in [6, 6.07) is 16.8. The van der Waals surface area contributed by atoms with Gasteiger partial charge in [-0.25, -0.2) is 0 Å². The maximum absolute atomic E-state index is 13.5. The first-order chi connectivity index (χ1) is 16.8. The van der Waals surface area contributed by atoms with Gasteiger partial charge in [-0.05, 0) is 55.3 Å². The zero-order valence-corrected chi connectivity index (χ0v) is 20.3. The van der Waals surface area contributed by atoms with E-state index in [1.165, 1.54) is 26.2 Å². The molecule has 0 saturated carbocycles. The van der Waals surface area contributed by atoms with E-state index in [9.17, 15) is 14.7 Å². The summed E-state index contributed by atoms with van der Waals surface area (Å²) in [5.41, 5.74) is 3.09. The lowest BCUT2D eigenvalue weighted by molar-refractivity contribution is -0.132. The van der Waals surface area contributed by atoms with E-state index in [4.69, 9.17) is 14.2 Å². The summed E-state index contributed by atoms with van der Waals surface area (Å²) in [5, 5.41) is 11.6. The fourth-order valence-electron chi connectivity index (χ4n) is 4.59. The van der Waals surface area contributed by atoms with Gasteiger partial charge in [0.2, 0.25) is 0 Å². The molecule has 1 fully saturated rings. The van der Waals surface area contributed by atoms with Crippen molar-refractivity contribution in [3.05, 3.63) is 88.5 Å². The molecule has 7 nitrogen and oxygen atoms in total. The van der Waals surface area contributed by atoms with Crippen LogP contribution < -0.4 is 19.1 Å². The van der Waals surface area contributed by atoms with Crippen molar-refractivity contribution in [1.29, 1.82) is 0 Å². The standard InChI is InChI=1S/C28H27NO6/c1-16-13-17(2)15-18(14-16)29-25(19-9-6-7-10-20(19)33-3)24(27(31)28(29)32)26(30)23-21(34-4)11-8-12-22(23)35-5/h6-15,25,30H,1-5H3/b26-24+. The Balaban J connectivity index is 2.07. The molecule has 0 aromatic heterocycles. The number of benzene rings is 3. The van der Waals surface area contributed by atoms with Crippen molar-refractivity contribution in [3.63, 3.8) is 0 Å². The van der Waals surface area contributed by atoms with E-state index < -0.39 is 17.7 Å². The van der Waals surface area contributed by atoms with Gasteiger partial charge in [-0.1, -0.05) is 30.3 Å². The minimum Gasteiger partial charge on any atom is -0.506 e. The normalized spacial score (nSPS) is 16.9. The van der Waals surface area contributed by atoms with Gasteiger partial charge in [0, 0.05) is 11.3 Å². The molecule has 1 aliphatic heterocycles. The van der Waals surface area contributed by atoms with Crippen molar-refractivity contribution < 1.29 is 28.9 Å². The van der Waals surface area contributed by atoms with E-state index in [0.717, 1.165) is 11.1 Å². The molecule has 1 N–H and O–H groups in total. The van der Waals surface area contributed by atoms with Gasteiger partial charge in [0.05, 0.1) is 32.9 Å². The first-order valence-corrected chi connectivity index (χ1v) is 11.1. The highest BCUT2D eigenvalue weighted by Crippen LogP contribution is 2.47. The van der Waals surface area contributed by atoms with Crippen LogP contribution in [0.3, 0.4) is 0 Å². The summed E-state index contributed by atoms with van der Waals surface area (Å²) < 4.78 is 16.5. The Kier molecular flexibility index (Phi) is 6.51. The number of aliphatic hydroxyl groups excluding tert-OH is 1. The molecule has 3 aromatic rings. The number of methoxy groups -OCH3 is 3. The summed E-state index contributed by atoms with van der Waals surface area (Å²) in [5.74, 6) is -0.865. The Morgan fingerprint density at radius 2 is 1.34 bits per heavy atom. The molecular formula is C28H27NO6. The van der Waals surface area contributed by atoms with Gasteiger partial charge in [-0.3, -0.25) is 14.5 Å². The van der Waals surface area contributed by atoms with Crippen molar-refractivity contribution >= 4 is 23.1 Å². The summed E-state index contributed by atoms with van der Waals surface area (Å²) in [4.78, 5) is 28.4. The highest BCUT2D eigenvalue weighted by Gasteiger charge is 2.48. The molecule has 1 aliphatic rings. The number of rotatable bonds is 6. The summed E-state index contributed by atoms with van der Waals surface area (Å²) >= 11 is 0. The topological polar surface area (TPSA) is 85.3 Å². The molecule has 1 unspecified atom stereocenters. The molecule has 0 radical (unpaired) electrons. The Hall–Kier alpha value is -4.26. The van der Waals surface area contributed by atoms with Crippen LogP contribution in [0.25, 0.3) is 5.76 Å². The fraction of sp³-hybridized carbons (Fsp3) is 0.214. The number of anilines is 1. The zero-order valence-electron chi connectivity index (χ0n) is 20.3. The first kappa shape index (κ1) is 23.9. The smallest absolute Gasteiger partial charge is 0.300 e. The van der Waals surface area contributed by atoms with Crippen molar-refractivity contribution in [3.8, 4) is 17.2 Å². The van der Waals surface area contributed by atoms with Crippen LogP contribution in [0.4, 0.5) is 5.69 Å². The molecular weight excluding hydrogens is 446 g/mol. The summed E-state index contributed by atoms with van der Waals surface area (Å²) in [6.07, 6.45) is 0. The molecule has 1 heterocycles. The van der Waals surface area contributed by atoms with Gasteiger partial charge < -0.3 is 19.3 Å². The summed E-state index contributed by atoms with van der Waals surface area (Å²) in [7, 11) is 4.43. The highest BCUT2D eigenvalue weighted by molar-refractivity contribution is 6.51. The monoisotopic (exact) mass is 473 g/mol. The van der Waals surface area contributed by atoms with Crippen LogP contribution in [-0.2, 0) is 9.59 Å². The van der Waals surface area contributed by atoms with E-state index in [1.807, 2.05) is 32.0 Å². The number of carbonyl (C=O) groups excluding carboxylic acids is 2. The lowest BCUT2D eigenvalue weighted by Gasteiger charge is -2.27.